The van der Waals surface area contributed by atoms with Gasteiger partial charge in [0.1, 0.15) is 4.90 Å². The van der Waals surface area contributed by atoms with Crippen LogP contribution in [0.5, 0.6) is 0 Å². The van der Waals surface area contributed by atoms with Crippen molar-refractivity contribution in [1.82, 2.24) is 14.5 Å². The van der Waals surface area contributed by atoms with Gasteiger partial charge in [-0.2, -0.15) is 5.10 Å². The van der Waals surface area contributed by atoms with Crippen molar-refractivity contribution in [3.63, 3.8) is 0 Å². The molecule has 4 rings (SSSR count). The number of aryl methyl sites for hydroxylation is 1. The molecule has 0 spiro atoms. The van der Waals surface area contributed by atoms with E-state index in [0.717, 1.165) is 18.5 Å². The van der Waals surface area contributed by atoms with Crippen molar-refractivity contribution < 1.29 is 13.2 Å². The normalized spacial score (nSPS) is 27.2. The summed E-state index contributed by atoms with van der Waals surface area (Å²) in [5, 5.41) is 4.35. The number of hydrogen-bond acceptors (Lipinski definition) is 5. The Morgan fingerprint density at radius 3 is 2.58 bits per heavy atom. The predicted octanol–water partition coefficient (Wildman–Crippen LogP) is 1.42. The van der Waals surface area contributed by atoms with E-state index in [0.29, 0.717) is 23.7 Å². The van der Waals surface area contributed by atoms with Crippen LogP contribution in [0, 0.1) is 25.7 Å². The van der Waals surface area contributed by atoms with Gasteiger partial charge in [0.2, 0.25) is 0 Å². The molecule has 3 unspecified atom stereocenters. The van der Waals surface area contributed by atoms with E-state index in [1.165, 1.54) is 0 Å². The first-order valence-electron chi connectivity index (χ1n) is 8.72. The number of fused-ring (bicyclic) bond motifs is 1. The Bertz CT molecular complexity index is 983. The molecule has 0 saturated heterocycles. The third-order valence-corrected chi connectivity index (χ3v) is 7.24. The van der Waals surface area contributed by atoms with Crippen molar-refractivity contribution in [2.24, 2.45) is 17.6 Å². The van der Waals surface area contributed by atoms with Gasteiger partial charge in [0.05, 0.1) is 22.6 Å². The molecule has 0 aliphatic heterocycles. The molecular formula is C18H22N4O3S. The van der Waals surface area contributed by atoms with Crippen molar-refractivity contribution in [2.75, 3.05) is 0 Å². The SMILES string of the molecule is Cc1nn(-c2ccccc2)c(C)c1S(=O)(=O)NC(=O)C1(N)CCC2CC21. The molecule has 2 fully saturated rings. The number of benzene rings is 1. The Balaban J connectivity index is 1.66. The molecule has 2 aliphatic carbocycles. The maximum absolute atomic E-state index is 12.9. The Morgan fingerprint density at radius 2 is 2.00 bits per heavy atom. The van der Waals surface area contributed by atoms with Gasteiger partial charge in [-0.05, 0) is 57.1 Å². The number of sulfonamides is 1. The summed E-state index contributed by atoms with van der Waals surface area (Å²) in [6.07, 6.45) is 2.33. The summed E-state index contributed by atoms with van der Waals surface area (Å²) < 4.78 is 29.6. The van der Waals surface area contributed by atoms with Crippen molar-refractivity contribution in [3.8, 4) is 5.69 Å². The second-order valence-electron chi connectivity index (χ2n) is 7.36. The molecular weight excluding hydrogens is 352 g/mol. The fourth-order valence-corrected chi connectivity index (χ4v) is 5.64. The molecule has 1 heterocycles. The minimum Gasteiger partial charge on any atom is -0.317 e. The van der Waals surface area contributed by atoms with E-state index < -0.39 is 21.5 Å². The molecule has 3 N–H and O–H groups in total. The van der Waals surface area contributed by atoms with Crippen LogP contribution < -0.4 is 10.5 Å². The second kappa shape index (κ2) is 5.65. The third-order valence-electron chi connectivity index (χ3n) is 5.66. The highest BCUT2D eigenvalue weighted by Crippen LogP contribution is 2.56. The number of carbonyl (C=O) groups is 1. The summed E-state index contributed by atoms with van der Waals surface area (Å²) in [4.78, 5) is 12.7. The van der Waals surface area contributed by atoms with Crippen LogP contribution in [-0.2, 0) is 14.8 Å². The van der Waals surface area contributed by atoms with Crippen LogP contribution in [0.25, 0.3) is 5.69 Å². The van der Waals surface area contributed by atoms with Crippen LogP contribution in [-0.4, -0.2) is 29.6 Å². The molecule has 7 nitrogen and oxygen atoms in total. The zero-order chi connectivity index (χ0) is 18.7. The molecule has 1 amide bonds. The van der Waals surface area contributed by atoms with Gasteiger partial charge in [-0.3, -0.25) is 4.79 Å². The Labute approximate surface area is 152 Å². The Morgan fingerprint density at radius 1 is 1.31 bits per heavy atom. The number of nitrogens with zero attached hydrogens (tertiary/aromatic N) is 2. The predicted molar refractivity (Wildman–Crippen MR) is 96.1 cm³/mol. The Hall–Kier alpha value is -2.19. The lowest BCUT2D eigenvalue weighted by molar-refractivity contribution is -0.125. The minimum atomic E-state index is -4.05. The lowest BCUT2D eigenvalue weighted by atomic mass is 9.94. The van der Waals surface area contributed by atoms with E-state index in [1.54, 1.807) is 18.5 Å². The number of aromatic nitrogens is 2. The molecule has 0 bridgehead atoms. The number of nitrogens with one attached hydrogen (secondary N) is 1. The average molecular weight is 374 g/mol. The summed E-state index contributed by atoms with van der Waals surface area (Å²) >= 11 is 0. The van der Waals surface area contributed by atoms with E-state index in [4.69, 9.17) is 5.73 Å². The monoisotopic (exact) mass is 374 g/mol. The summed E-state index contributed by atoms with van der Waals surface area (Å²) in [6, 6.07) is 9.27. The van der Waals surface area contributed by atoms with E-state index in [2.05, 4.69) is 9.82 Å². The highest BCUT2D eigenvalue weighted by atomic mass is 32.2. The maximum atomic E-state index is 12.9. The number of hydrogen-bond donors (Lipinski definition) is 2. The fourth-order valence-electron chi connectivity index (χ4n) is 4.20. The van der Waals surface area contributed by atoms with E-state index in [9.17, 15) is 13.2 Å². The van der Waals surface area contributed by atoms with Gasteiger partial charge in [-0.1, -0.05) is 18.2 Å². The smallest absolute Gasteiger partial charge is 0.267 e. The minimum absolute atomic E-state index is 0.0312. The zero-order valence-corrected chi connectivity index (χ0v) is 15.6. The lowest BCUT2D eigenvalue weighted by Crippen LogP contribution is -2.55. The topological polar surface area (TPSA) is 107 Å². The quantitative estimate of drug-likeness (QED) is 0.842. The summed E-state index contributed by atoms with van der Waals surface area (Å²) in [6.45, 7) is 3.30. The molecule has 2 aliphatic rings. The van der Waals surface area contributed by atoms with Gasteiger partial charge < -0.3 is 5.73 Å². The standard InChI is InChI=1S/C18H22N4O3S/c1-11-16(12(2)22(20-11)14-6-4-3-5-7-14)26(24,25)21-17(23)18(19)9-8-13-10-15(13)18/h3-7,13,15H,8-10,19H2,1-2H3,(H,21,23). The van der Waals surface area contributed by atoms with E-state index in [-0.39, 0.29) is 10.8 Å². The highest BCUT2D eigenvalue weighted by Gasteiger charge is 2.60. The summed E-state index contributed by atoms with van der Waals surface area (Å²) in [5.41, 5.74) is 6.73. The van der Waals surface area contributed by atoms with Crippen molar-refractivity contribution in [2.45, 2.75) is 43.5 Å². The number of carbonyl (C=O) groups excluding carboxylic acids is 1. The second-order valence-corrected chi connectivity index (χ2v) is 8.98. The lowest BCUT2D eigenvalue weighted by Gasteiger charge is -2.24. The first-order chi connectivity index (χ1) is 12.2. The first kappa shape index (κ1) is 17.2. The molecule has 1 aromatic heterocycles. The largest absolute Gasteiger partial charge is 0.317 e. The number of nitrogens with two attached hydrogens (primary N) is 1. The van der Waals surface area contributed by atoms with Crippen LogP contribution in [0.1, 0.15) is 30.7 Å². The van der Waals surface area contributed by atoms with Gasteiger partial charge in [-0.25, -0.2) is 17.8 Å². The van der Waals surface area contributed by atoms with Crippen LogP contribution in [0.2, 0.25) is 0 Å². The molecule has 138 valence electrons. The summed E-state index contributed by atoms with van der Waals surface area (Å²) in [7, 11) is -4.05. The van der Waals surface area contributed by atoms with Crippen molar-refractivity contribution in [3.05, 3.63) is 41.7 Å². The molecule has 1 aromatic carbocycles. The molecule has 2 aromatic rings. The Kier molecular flexibility index (Phi) is 3.75. The van der Waals surface area contributed by atoms with Gasteiger partial charge in [-0.15, -0.1) is 0 Å². The van der Waals surface area contributed by atoms with Crippen LogP contribution in [0.3, 0.4) is 0 Å². The first-order valence-corrected chi connectivity index (χ1v) is 10.2. The maximum Gasteiger partial charge on any atom is 0.267 e. The van der Waals surface area contributed by atoms with E-state index >= 15 is 0 Å². The third kappa shape index (κ3) is 2.55. The fraction of sp³-hybridized carbons (Fsp3) is 0.444. The number of para-hydroxylation sites is 1. The number of amides is 1. The zero-order valence-electron chi connectivity index (χ0n) is 14.8. The average Bonchev–Trinajstić information content (AvgIpc) is 3.22. The van der Waals surface area contributed by atoms with Crippen LogP contribution >= 0.6 is 0 Å². The van der Waals surface area contributed by atoms with Gasteiger partial charge in [0, 0.05) is 0 Å². The molecule has 8 heteroatoms. The van der Waals surface area contributed by atoms with Gasteiger partial charge in [0.25, 0.3) is 15.9 Å². The van der Waals surface area contributed by atoms with Crippen molar-refractivity contribution in [1.29, 1.82) is 0 Å². The van der Waals surface area contributed by atoms with Gasteiger partial charge in [0.15, 0.2) is 0 Å². The summed E-state index contributed by atoms with van der Waals surface area (Å²) in [5.74, 6) is -0.0292. The van der Waals surface area contributed by atoms with Gasteiger partial charge >= 0.3 is 0 Å². The number of rotatable bonds is 4. The highest BCUT2D eigenvalue weighted by molar-refractivity contribution is 7.90. The molecule has 0 radical (unpaired) electrons. The van der Waals surface area contributed by atoms with Crippen molar-refractivity contribution >= 4 is 15.9 Å². The van der Waals surface area contributed by atoms with Crippen LogP contribution in [0.15, 0.2) is 35.2 Å². The van der Waals surface area contributed by atoms with Crippen LogP contribution in [0.4, 0.5) is 0 Å². The molecule has 2 saturated carbocycles. The molecule has 26 heavy (non-hydrogen) atoms. The molecule has 3 atom stereocenters. The van der Waals surface area contributed by atoms with E-state index in [1.807, 2.05) is 30.3 Å².